The fourth-order valence-corrected chi connectivity index (χ4v) is 15.1. The average molecular weight is 1470 g/mol. The number of aliphatic hydroxyl groups excluding tert-OH is 29. The molecule has 38 nitrogen and oxygen atoms in total. The molecular weight excluding hydrogens is 1350 g/mol. The van der Waals surface area contributed by atoms with Crippen molar-refractivity contribution in [1.29, 1.82) is 0 Å². The van der Waals surface area contributed by atoms with E-state index in [0.29, 0.717) is 25.7 Å². The van der Waals surface area contributed by atoms with Crippen molar-refractivity contribution < 1.29 is 191 Å². The van der Waals surface area contributed by atoms with E-state index in [1.807, 2.05) is 6.92 Å². The van der Waals surface area contributed by atoms with E-state index >= 15 is 4.79 Å². The lowest BCUT2D eigenvalue weighted by atomic mass is 9.41. The number of fused-ring (bicyclic) bond motifs is 3. The van der Waals surface area contributed by atoms with Crippen molar-refractivity contribution in [3.63, 3.8) is 0 Å². The number of carbonyl (C=O) groups is 1. The smallest absolute Gasteiger partial charge is 0.314 e. The number of rotatable bonds is 47. The Kier molecular flexibility index (Phi) is 35.2. The normalized spacial score (nSPS) is 31.1. The number of aliphatic hydroxyl groups is 30. The van der Waals surface area contributed by atoms with Gasteiger partial charge in [0.15, 0.2) is 30.4 Å². The molecule has 0 radical (unpaired) electrons. The molecular formula is C62H112O38. The third kappa shape index (κ3) is 21.4. The van der Waals surface area contributed by atoms with Crippen molar-refractivity contribution >= 4 is 5.97 Å². The van der Waals surface area contributed by atoms with Crippen molar-refractivity contribution in [2.75, 3.05) is 52.9 Å². The highest BCUT2D eigenvalue weighted by molar-refractivity contribution is 5.77. The summed E-state index contributed by atoms with van der Waals surface area (Å²) in [5.41, 5.74) is -4.45. The Morgan fingerprint density at radius 1 is 0.530 bits per heavy atom. The summed E-state index contributed by atoms with van der Waals surface area (Å²) in [6.45, 7) is -1.93. The second-order valence-corrected chi connectivity index (χ2v) is 27.4. The van der Waals surface area contributed by atoms with E-state index in [2.05, 4.69) is 0 Å². The van der Waals surface area contributed by atoms with Crippen LogP contribution in [0.1, 0.15) is 124 Å². The van der Waals surface area contributed by atoms with E-state index in [1.54, 1.807) is 13.8 Å². The van der Waals surface area contributed by atoms with Gasteiger partial charge in [-0.05, 0) is 113 Å². The molecule has 1 spiro atoms. The summed E-state index contributed by atoms with van der Waals surface area (Å²) in [5.74, 6) is -11.6. The summed E-state index contributed by atoms with van der Waals surface area (Å²) in [6.07, 6.45) is -53.1. The van der Waals surface area contributed by atoms with Crippen molar-refractivity contribution in [3.8, 4) is 0 Å². The third-order valence-corrected chi connectivity index (χ3v) is 20.6. The number of ether oxygens (including phenoxy) is 7. The third-order valence-electron chi connectivity index (χ3n) is 20.6. The van der Waals surface area contributed by atoms with Crippen LogP contribution in [0.25, 0.3) is 0 Å². The second kappa shape index (κ2) is 39.5. The van der Waals surface area contributed by atoms with Crippen LogP contribution in [0.15, 0.2) is 23.0 Å². The molecule has 0 aromatic heterocycles. The van der Waals surface area contributed by atoms with E-state index in [4.69, 9.17) is 38.3 Å². The summed E-state index contributed by atoms with van der Waals surface area (Å²) in [6, 6.07) is 0. The Labute approximate surface area is 575 Å². The lowest BCUT2D eigenvalue weighted by Crippen LogP contribution is -2.61. The van der Waals surface area contributed by atoms with E-state index in [-0.39, 0.29) is 38.0 Å². The van der Waals surface area contributed by atoms with Crippen LogP contribution < -0.4 is 0 Å². The topological polar surface area (TPSA) is 689 Å². The predicted octanol–water partition coefficient (Wildman–Crippen LogP) is -9.59. The highest BCUT2D eigenvalue weighted by Crippen LogP contribution is 2.74. The first-order valence-electron chi connectivity index (χ1n) is 33.4. The molecule has 27 unspecified atom stereocenters. The van der Waals surface area contributed by atoms with Crippen LogP contribution in [0.4, 0.5) is 0 Å². The standard InChI is InChI=1S/C62H112O38/c1-28-24-60-15-5-37-58(2,13-4-14-59(37,3)57(92)98-55(90)49(97-54(89)46(84)42(80)33(74)10-20-66)47(34(75)11-21-67)95-52(87)44(82)40(78)31(72)8-18-64)38(60)6-16-61(28,26-60)100-56(91)48(96-53(88)45(83)41(79)32(73)9-19-65)36(23-29(70)25-68)99-62(93,27-69)50(85)35(76)12-22-94-51(86)43(81)39(77)30(71)7-17-63/h28-41,43-45,48,50-56,63-91,93H,4-27H2,1-3H3/b46-42+,49-47-/t28?,29?,30?,31?,32?,33?,34?,35?,36?,37?,38-,39?,40?,41?,43?,44?,45?,48?,50?,51?,52?,53?,54?,55?,56?,58+,59+,60?,61?,62?/m0/s1. The van der Waals surface area contributed by atoms with Gasteiger partial charge in [-0.15, -0.1) is 0 Å². The molecule has 0 heterocycles. The molecule has 0 aromatic carbocycles. The molecule has 4 saturated carbocycles. The molecule has 2 bridgehead atoms. The molecule has 0 amide bonds. The van der Waals surface area contributed by atoms with Crippen LogP contribution in [-0.4, -0.2) is 359 Å². The number of hydrogen-bond donors (Lipinski definition) is 30. The van der Waals surface area contributed by atoms with Gasteiger partial charge in [0, 0.05) is 52.3 Å². The van der Waals surface area contributed by atoms with Gasteiger partial charge < -0.3 is 186 Å². The van der Waals surface area contributed by atoms with Gasteiger partial charge in [0.25, 0.3) is 12.6 Å². The van der Waals surface area contributed by atoms with E-state index in [9.17, 15) is 148 Å². The van der Waals surface area contributed by atoms with Crippen LogP contribution in [-0.2, 0) is 38.0 Å². The van der Waals surface area contributed by atoms with Crippen molar-refractivity contribution in [1.82, 2.24) is 0 Å². The molecule has 100 heavy (non-hydrogen) atoms. The molecule has 4 aliphatic carbocycles. The van der Waals surface area contributed by atoms with Crippen molar-refractivity contribution in [2.45, 2.75) is 270 Å². The summed E-state index contributed by atoms with van der Waals surface area (Å²) in [4.78, 5) is 15.0. The number of esters is 1. The number of hydrogen-bond acceptors (Lipinski definition) is 38. The molecule has 30 N–H and O–H groups in total. The zero-order valence-corrected chi connectivity index (χ0v) is 56.1. The molecule has 588 valence electrons. The molecule has 30 atom stereocenters. The zero-order valence-electron chi connectivity index (χ0n) is 56.1. The van der Waals surface area contributed by atoms with Crippen LogP contribution >= 0.6 is 0 Å². The van der Waals surface area contributed by atoms with Gasteiger partial charge in [-0.1, -0.05) is 20.3 Å². The molecule has 4 aliphatic rings. The monoisotopic (exact) mass is 1460 g/mol. The van der Waals surface area contributed by atoms with E-state index in [0.717, 1.165) is 0 Å². The van der Waals surface area contributed by atoms with Gasteiger partial charge in [0.1, 0.15) is 61.0 Å². The van der Waals surface area contributed by atoms with Crippen LogP contribution in [0, 0.1) is 34.0 Å². The largest absolute Gasteiger partial charge is 0.506 e. The second-order valence-electron chi connectivity index (χ2n) is 27.4. The average Bonchev–Trinajstić information content (AvgIpc) is 1.42. The Hall–Kier alpha value is -3.13. The maximum absolute atomic E-state index is 15.0. The van der Waals surface area contributed by atoms with Gasteiger partial charge in [-0.25, -0.2) is 0 Å². The van der Waals surface area contributed by atoms with Gasteiger partial charge >= 0.3 is 5.97 Å². The van der Waals surface area contributed by atoms with E-state index in [1.165, 1.54) is 0 Å². The SMILES string of the molecule is CC1CC23CCC4[C@](C)(C(=O)OC(O)/C(OC(O)/C(O)=C(\O)C(O)CCO)=C(/OC(O)C(O)C(O)C(O)CCO)C(O)CCO)CCC[C@@]4(C)[C@@H]2CCC1(OC(O)C(OC(O)C(O)C(O)C(O)CCO)C(CC(O)CO)OC(O)(CO)C(O)C(O)CCOC(O)C(O)C(O)C(O)CCO)C3. The maximum Gasteiger partial charge on any atom is 0.314 e. The molecule has 38 heteroatoms. The van der Waals surface area contributed by atoms with Gasteiger partial charge in [0.2, 0.25) is 23.6 Å². The highest BCUT2D eigenvalue weighted by Gasteiger charge is 2.70. The van der Waals surface area contributed by atoms with E-state index < -0.39 is 302 Å². The Bertz CT molecular complexity index is 2490. The summed E-state index contributed by atoms with van der Waals surface area (Å²) >= 11 is 0. The maximum atomic E-state index is 15.0. The highest BCUT2D eigenvalue weighted by atomic mass is 16.7. The molecule has 0 aliphatic heterocycles. The minimum atomic E-state index is -3.40. The molecule has 4 fully saturated rings. The summed E-state index contributed by atoms with van der Waals surface area (Å²) < 4.78 is 39.5. The summed E-state index contributed by atoms with van der Waals surface area (Å²) in [5, 5.41) is 318. The lowest BCUT2D eigenvalue weighted by Gasteiger charge is -2.64. The quantitative estimate of drug-likeness (QED) is 0.0153. The summed E-state index contributed by atoms with van der Waals surface area (Å²) in [7, 11) is 0. The van der Waals surface area contributed by atoms with Crippen molar-refractivity contribution in [2.24, 2.45) is 34.0 Å². The van der Waals surface area contributed by atoms with Crippen molar-refractivity contribution in [3.05, 3.63) is 23.0 Å². The zero-order chi connectivity index (χ0) is 75.7. The molecule has 4 rings (SSSR count). The predicted molar refractivity (Wildman–Crippen MR) is 330 cm³/mol. The Balaban J connectivity index is 1.74. The minimum absolute atomic E-state index is 0.0919. The number of carbonyl (C=O) groups excluding carboxylic acids is 1. The fraction of sp³-hybridized carbons (Fsp3) is 0.919. The first-order valence-corrected chi connectivity index (χ1v) is 33.4. The Morgan fingerprint density at radius 2 is 1.05 bits per heavy atom. The lowest BCUT2D eigenvalue weighted by molar-refractivity contribution is -0.356. The molecule has 0 saturated heterocycles. The minimum Gasteiger partial charge on any atom is -0.506 e. The van der Waals surface area contributed by atoms with Crippen LogP contribution in [0.3, 0.4) is 0 Å². The first kappa shape index (κ1) is 89.3. The van der Waals surface area contributed by atoms with Crippen LogP contribution in [0.5, 0.6) is 0 Å². The van der Waals surface area contributed by atoms with Crippen LogP contribution in [0.2, 0.25) is 0 Å². The van der Waals surface area contributed by atoms with Gasteiger partial charge in [0.05, 0.1) is 67.5 Å². The van der Waals surface area contributed by atoms with Gasteiger partial charge in [-0.2, -0.15) is 0 Å². The fourth-order valence-electron chi connectivity index (χ4n) is 15.1. The molecule has 0 aromatic rings. The Morgan fingerprint density at radius 3 is 1.58 bits per heavy atom. The van der Waals surface area contributed by atoms with Gasteiger partial charge in [-0.3, -0.25) is 4.79 Å². The first-order chi connectivity index (χ1) is 46.8.